The Labute approximate surface area is 263 Å². The zero-order chi connectivity index (χ0) is 31.7. The minimum absolute atomic E-state index is 0.422. The molecule has 0 saturated carbocycles. The van der Waals surface area contributed by atoms with Gasteiger partial charge in [-0.25, -0.2) is 19.3 Å². The standard InChI is InChI=1S/C15H16N6.C13H10ClN5.2C2H6/c1-20(2)14-10-13(8-9-16-14)21-11-17-15(19-21)18-12-6-4-3-5-7-12;14-12-8-11(6-7-15-12)19-9-16-13(18-19)17-10-4-2-1-3-5-10;2*1-2/h3-11H,1-2H3,(H,18,19);1-9H,(H,17,18);2*1-2H3. The Bertz CT molecular complexity index is 1650. The Kier molecular flexibility index (Phi) is 13.3. The summed E-state index contributed by atoms with van der Waals surface area (Å²) in [5.74, 6) is 1.96. The van der Waals surface area contributed by atoms with Gasteiger partial charge in [-0.05, 0) is 36.4 Å². The molecule has 4 aromatic heterocycles. The van der Waals surface area contributed by atoms with Crippen LogP contribution in [0.5, 0.6) is 0 Å². The third kappa shape index (κ3) is 9.92. The van der Waals surface area contributed by atoms with Crippen molar-refractivity contribution in [3.63, 3.8) is 0 Å². The van der Waals surface area contributed by atoms with Crippen molar-refractivity contribution >= 4 is 40.7 Å². The van der Waals surface area contributed by atoms with E-state index in [1.54, 1.807) is 40.5 Å². The number of benzene rings is 2. The van der Waals surface area contributed by atoms with E-state index in [0.29, 0.717) is 17.0 Å². The van der Waals surface area contributed by atoms with Crippen LogP contribution in [0.4, 0.5) is 29.1 Å². The monoisotopic (exact) mass is 611 g/mol. The predicted octanol–water partition coefficient (Wildman–Crippen LogP) is 7.58. The molecule has 228 valence electrons. The van der Waals surface area contributed by atoms with Gasteiger partial charge in [0, 0.05) is 50.0 Å². The summed E-state index contributed by atoms with van der Waals surface area (Å²) in [7, 11) is 3.91. The van der Waals surface area contributed by atoms with Gasteiger partial charge in [0.1, 0.15) is 23.6 Å². The molecule has 0 unspecified atom stereocenters. The lowest BCUT2D eigenvalue weighted by atomic mass is 10.3. The number of hydrogen-bond donors (Lipinski definition) is 2. The molecule has 0 fully saturated rings. The fourth-order valence-electron chi connectivity index (χ4n) is 3.52. The van der Waals surface area contributed by atoms with Gasteiger partial charge in [-0.1, -0.05) is 75.7 Å². The second-order valence-corrected chi connectivity index (χ2v) is 9.00. The largest absolute Gasteiger partial charge is 0.363 e. The van der Waals surface area contributed by atoms with Gasteiger partial charge in [0.15, 0.2) is 0 Å². The van der Waals surface area contributed by atoms with Crippen molar-refractivity contribution in [3.05, 3.63) is 115 Å². The van der Waals surface area contributed by atoms with Crippen LogP contribution in [-0.2, 0) is 0 Å². The average molecular weight is 612 g/mol. The predicted molar refractivity (Wildman–Crippen MR) is 180 cm³/mol. The van der Waals surface area contributed by atoms with Crippen molar-refractivity contribution in [3.8, 4) is 11.4 Å². The van der Waals surface area contributed by atoms with Crippen molar-refractivity contribution in [2.24, 2.45) is 0 Å². The normalized spacial score (nSPS) is 9.70. The molecule has 4 heterocycles. The minimum Gasteiger partial charge on any atom is -0.363 e. The molecule has 0 aliphatic heterocycles. The van der Waals surface area contributed by atoms with Crippen molar-refractivity contribution in [1.82, 2.24) is 39.5 Å². The maximum atomic E-state index is 5.84. The SMILES string of the molecule is CC.CC.CN(C)c1cc(-n2cnc(Nc3ccccc3)n2)ccn1.Clc1cc(-n2cnc(Nc3ccccc3)n2)ccn1. The van der Waals surface area contributed by atoms with E-state index in [0.717, 1.165) is 28.6 Å². The molecule has 11 nitrogen and oxygen atoms in total. The highest BCUT2D eigenvalue weighted by atomic mass is 35.5. The highest BCUT2D eigenvalue weighted by Gasteiger charge is 2.06. The summed E-state index contributed by atoms with van der Waals surface area (Å²) < 4.78 is 3.36. The van der Waals surface area contributed by atoms with Crippen LogP contribution in [0.15, 0.2) is 110 Å². The van der Waals surface area contributed by atoms with Gasteiger partial charge in [0.05, 0.1) is 11.4 Å². The molecule has 2 N–H and O–H groups in total. The molecule has 0 saturated heterocycles. The van der Waals surface area contributed by atoms with Gasteiger partial charge >= 0.3 is 0 Å². The number of para-hydroxylation sites is 2. The molecule has 0 bridgehead atoms. The molecular weight excluding hydrogens is 574 g/mol. The van der Waals surface area contributed by atoms with Crippen LogP contribution < -0.4 is 15.5 Å². The van der Waals surface area contributed by atoms with E-state index in [9.17, 15) is 0 Å². The molecule has 44 heavy (non-hydrogen) atoms. The smallest absolute Gasteiger partial charge is 0.246 e. The van der Waals surface area contributed by atoms with Crippen molar-refractivity contribution < 1.29 is 0 Å². The Morgan fingerprint density at radius 2 is 1.05 bits per heavy atom. The molecule has 12 heteroatoms. The second-order valence-electron chi connectivity index (χ2n) is 8.61. The van der Waals surface area contributed by atoms with E-state index in [2.05, 4.69) is 40.8 Å². The average Bonchev–Trinajstić information content (AvgIpc) is 3.74. The fraction of sp³-hybridized carbons (Fsp3) is 0.188. The maximum absolute atomic E-state index is 5.84. The topological polar surface area (TPSA) is 114 Å². The fourth-order valence-corrected chi connectivity index (χ4v) is 3.69. The Balaban J connectivity index is 0.000000217. The van der Waals surface area contributed by atoms with E-state index in [-0.39, 0.29) is 0 Å². The molecule has 0 aliphatic rings. The molecule has 0 amide bonds. The van der Waals surface area contributed by atoms with E-state index < -0.39 is 0 Å². The minimum atomic E-state index is 0.422. The number of hydrogen-bond acceptors (Lipinski definition) is 9. The summed E-state index contributed by atoms with van der Waals surface area (Å²) in [5, 5.41) is 15.5. The molecule has 0 atom stereocenters. The summed E-state index contributed by atoms with van der Waals surface area (Å²) in [4.78, 5) is 18.6. The molecular formula is C32H38ClN11. The lowest BCUT2D eigenvalue weighted by molar-refractivity contribution is 0.876. The third-order valence-corrected chi connectivity index (χ3v) is 5.68. The first-order chi connectivity index (χ1) is 21.5. The molecule has 0 spiro atoms. The maximum Gasteiger partial charge on any atom is 0.246 e. The van der Waals surface area contributed by atoms with E-state index in [1.165, 1.54) is 0 Å². The van der Waals surface area contributed by atoms with Gasteiger partial charge in [-0.3, -0.25) is 0 Å². The first-order valence-electron chi connectivity index (χ1n) is 14.3. The highest BCUT2D eigenvalue weighted by molar-refractivity contribution is 6.29. The summed E-state index contributed by atoms with van der Waals surface area (Å²) in [6.45, 7) is 8.00. The molecule has 0 radical (unpaired) electrons. The Morgan fingerprint density at radius 1 is 0.591 bits per heavy atom. The van der Waals surface area contributed by atoms with Crippen LogP contribution in [0.25, 0.3) is 11.4 Å². The number of rotatable bonds is 7. The van der Waals surface area contributed by atoms with Crippen molar-refractivity contribution in [2.75, 3.05) is 29.6 Å². The van der Waals surface area contributed by atoms with Crippen LogP contribution in [0.3, 0.4) is 0 Å². The summed E-state index contributed by atoms with van der Waals surface area (Å²) >= 11 is 5.84. The van der Waals surface area contributed by atoms with Gasteiger partial charge in [0.2, 0.25) is 11.9 Å². The van der Waals surface area contributed by atoms with Crippen LogP contribution in [0.2, 0.25) is 5.15 Å². The second kappa shape index (κ2) is 17.6. The van der Waals surface area contributed by atoms with Gasteiger partial charge in [-0.2, -0.15) is 9.97 Å². The van der Waals surface area contributed by atoms with E-state index >= 15 is 0 Å². The van der Waals surface area contributed by atoms with Gasteiger partial charge in [-0.15, -0.1) is 10.2 Å². The lowest BCUT2D eigenvalue weighted by Crippen LogP contribution is -2.11. The molecule has 0 aliphatic carbocycles. The van der Waals surface area contributed by atoms with Gasteiger partial charge in [0.25, 0.3) is 0 Å². The van der Waals surface area contributed by atoms with Crippen molar-refractivity contribution in [2.45, 2.75) is 27.7 Å². The molecule has 2 aromatic carbocycles. The zero-order valence-electron chi connectivity index (χ0n) is 25.8. The van der Waals surface area contributed by atoms with Crippen LogP contribution in [0, 0.1) is 0 Å². The number of pyridine rings is 2. The number of halogens is 1. The summed E-state index contributed by atoms with van der Waals surface area (Å²) in [5.41, 5.74) is 3.63. The Morgan fingerprint density at radius 3 is 1.50 bits per heavy atom. The zero-order valence-corrected chi connectivity index (χ0v) is 26.6. The van der Waals surface area contributed by atoms with E-state index in [4.69, 9.17) is 11.6 Å². The van der Waals surface area contributed by atoms with Crippen molar-refractivity contribution in [1.29, 1.82) is 0 Å². The Hall–Kier alpha value is -5.29. The van der Waals surface area contributed by atoms with Crippen LogP contribution in [-0.4, -0.2) is 53.6 Å². The lowest BCUT2D eigenvalue weighted by Gasteiger charge is -2.11. The number of aromatic nitrogens is 8. The van der Waals surface area contributed by atoms with Crippen LogP contribution in [0.1, 0.15) is 27.7 Å². The number of nitrogens with one attached hydrogen (secondary N) is 2. The summed E-state index contributed by atoms with van der Waals surface area (Å²) in [6, 6.07) is 27.0. The third-order valence-electron chi connectivity index (χ3n) is 5.47. The first kappa shape index (κ1) is 33.2. The summed E-state index contributed by atoms with van der Waals surface area (Å²) in [6.07, 6.45) is 6.69. The van der Waals surface area contributed by atoms with E-state index in [1.807, 2.05) is 126 Å². The molecule has 6 aromatic rings. The number of anilines is 5. The number of nitrogens with zero attached hydrogens (tertiary/aromatic N) is 9. The van der Waals surface area contributed by atoms with Gasteiger partial charge < -0.3 is 15.5 Å². The van der Waals surface area contributed by atoms with Crippen LogP contribution >= 0.6 is 11.6 Å². The first-order valence-corrected chi connectivity index (χ1v) is 14.6. The highest BCUT2D eigenvalue weighted by Crippen LogP contribution is 2.17. The quantitative estimate of drug-likeness (QED) is 0.176. The molecule has 6 rings (SSSR count).